The number of nitrogens with one attached hydrogen (secondary N) is 1. The Morgan fingerprint density at radius 3 is 2.39 bits per heavy atom. The highest BCUT2D eigenvalue weighted by Crippen LogP contribution is 2.28. The summed E-state index contributed by atoms with van der Waals surface area (Å²) in [5.74, 6) is 0.575. The summed E-state index contributed by atoms with van der Waals surface area (Å²) in [4.78, 5) is 26.3. The number of benzene rings is 2. The van der Waals surface area contributed by atoms with E-state index in [0.717, 1.165) is 27.5 Å². The van der Waals surface area contributed by atoms with Crippen molar-refractivity contribution in [2.45, 2.75) is 31.0 Å². The quantitative estimate of drug-likeness (QED) is 0.290. The number of rotatable bonds is 6. The molecule has 0 radical (unpaired) electrons. The van der Waals surface area contributed by atoms with Crippen molar-refractivity contribution in [3.8, 4) is 22.5 Å². The fourth-order valence-electron chi connectivity index (χ4n) is 2.99. The van der Waals surface area contributed by atoms with Gasteiger partial charge in [-0.25, -0.2) is 15.0 Å². The number of amides is 1. The molecule has 156 valence electrons. The standard InChI is InChI=1S/C24H22N4OS2/c1-15-9-11-19(12-10-15)21-14-30-24(27-21)28-23(29)16(2)31-22-13-20(25-17(3)26-22)18-7-5-4-6-8-18/h4-14,16H,1-3H3,(H,27,28,29). The van der Waals surface area contributed by atoms with Gasteiger partial charge in [0.2, 0.25) is 5.91 Å². The second kappa shape index (κ2) is 9.41. The average Bonchev–Trinajstić information content (AvgIpc) is 3.23. The van der Waals surface area contributed by atoms with E-state index in [1.807, 2.05) is 67.8 Å². The van der Waals surface area contributed by atoms with Crippen molar-refractivity contribution in [3.05, 3.63) is 77.4 Å². The highest BCUT2D eigenvalue weighted by atomic mass is 32.2. The van der Waals surface area contributed by atoms with Crippen molar-refractivity contribution in [1.82, 2.24) is 15.0 Å². The molecule has 0 fully saturated rings. The lowest BCUT2D eigenvalue weighted by molar-refractivity contribution is -0.115. The molecule has 1 unspecified atom stereocenters. The maximum atomic E-state index is 12.7. The van der Waals surface area contributed by atoms with Gasteiger partial charge in [0, 0.05) is 16.5 Å². The molecule has 0 aliphatic rings. The Morgan fingerprint density at radius 1 is 0.935 bits per heavy atom. The van der Waals surface area contributed by atoms with Crippen molar-refractivity contribution in [2.24, 2.45) is 0 Å². The number of nitrogens with zero attached hydrogens (tertiary/aromatic N) is 3. The van der Waals surface area contributed by atoms with Crippen LogP contribution in [0.1, 0.15) is 18.3 Å². The third-order valence-corrected chi connectivity index (χ3v) is 6.41. The number of anilines is 1. The van der Waals surface area contributed by atoms with Gasteiger partial charge in [-0.3, -0.25) is 4.79 Å². The molecule has 2 heterocycles. The molecule has 1 amide bonds. The number of carbonyl (C=O) groups excluding carboxylic acids is 1. The molecule has 31 heavy (non-hydrogen) atoms. The van der Waals surface area contributed by atoms with E-state index in [9.17, 15) is 4.79 Å². The SMILES string of the molecule is Cc1ccc(-c2csc(NC(=O)C(C)Sc3cc(-c4ccccc4)nc(C)n3)n2)cc1. The zero-order valence-electron chi connectivity index (χ0n) is 17.5. The van der Waals surface area contributed by atoms with Gasteiger partial charge in [0.15, 0.2) is 5.13 Å². The molecule has 0 aliphatic carbocycles. The molecule has 2 aromatic heterocycles. The summed E-state index contributed by atoms with van der Waals surface area (Å²) in [6.45, 7) is 5.79. The monoisotopic (exact) mass is 446 g/mol. The lowest BCUT2D eigenvalue weighted by atomic mass is 10.1. The highest BCUT2D eigenvalue weighted by Gasteiger charge is 2.18. The van der Waals surface area contributed by atoms with E-state index in [4.69, 9.17) is 0 Å². The van der Waals surface area contributed by atoms with E-state index in [1.165, 1.54) is 28.7 Å². The van der Waals surface area contributed by atoms with Gasteiger partial charge in [0.1, 0.15) is 10.9 Å². The second-order valence-corrected chi connectivity index (χ2v) is 9.38. The first-order chi connectivity index (χ1) is 15.0. The molecule has 2 aromatic carbocycles. The number of aryl methyl sites for hydroxylation is 2. The molecular weight excluding hydrogens is 424 g/mol. The minimum atomic E-state index is -0.329. The van der Waals surface area contributed by atoms with E-state index in [2.05, 4.69) is 39.3 Å². The molecule has 0 aliphatic heterocycles. The third kappa shape index (κ3) is 5.37. The number of hydrogen-bond donors (Lipinski definition) is 1. The van der Waals surface area contributed by atoms with Crippen LogP contribution in [0.25, 0.3) is 22.5 Å². The van der Waals surface area contributed by atoms with Gasteiger partial charge in [0.25, 0.3) is 0 Å². The van der Waals surface area contributed by atoms with Crippen LogP contribution in [0.3, 0.4) is 0 Å². The van der Waals surface area contributed by atoms with Gasteiger partial charge in [-0.2, -0.15) is 0 Å². The van der Waals surface area contributed by atoms with Crippen LogP contribution in [0.2, 0.25) is 0 Å². The summed E-state index contributed by atoms with van der Waals surface area (Å²) in [6.07, 6.45) is 0. The number of aromatic nitrogens is 3. The van der Waals surface area contributed by atoms with Crippen LogP contribution >= 0.6 is 23.1 Å². The van der Waals surface area contributed by atoms with E-state index in [0.29, 0.717) is 11.0 Å². The molecule has 0 saturated heterocycles. The molecule has 4 aromatic rings. The Hall–Kier alpha value is -3.03. The lowest BCUT2D eigenvalue weighted by Crippen LogP contribution is -2.22. The van der Waals surface area contributed by atoms with Crippen LogP contribution in [0.15, 0.2) is 71.1 Å². The molecule has 0 saturated carbocycles. The number of thioether (sulfide) groups is 1. The van der Waals surface area contributed by atoms with Gasteiger partial charge in [-0.05, 0) is 26.8 Å². The summed E-state index contributed by atoms with van der Waals surface area (Å²) in [7, 11) is 0. The van der Waals surface area contributed by atoms with Crippen molar-refractivity contribution >= 4 is 34.1 Å². The van der Waals surface area contributed by atoms with Gasteiger partial charge >= 0.3 is 0 Å². The zero-order valence-corrected chi connectivity index (χ0v) is 19.1. The Labute approximate surface area is 190 Å². The number of carbonyl (C=O) groups is 1. The lowest BCUT2D eigenvalue weighted by Gasteiger charge is -2.11. The minimum Gasteiger partial charge on any atom is -0.301 e. The summed E-state index contributed by atoms with van der Waals surface area (Å²) < 4.78 is 0. The van der Waals surface area contributed by atoms with Crippen LogP contribution in [-0.4, -0.2) is 26.1 Å². The van der Waals surface area contributed by atoms with Crippen LogP contribution < -0.4 is 5.32 Å². The predicted molar refractivity (Wildman–Crippen MR) is 128 cm³/mol. The molecule has 0 spiro atoms. The van der Waals surface area contributed by atoms with Gasteiger partial charge in [-0.15, -0.1) is 11.3 Å². The Kier molecular flexibility index (Phi) is 6.44. The molecule has 4 rings (SSSR count). The molecule has 1 N–H and O–H groups in total. The Balaban J connectivity index is 1.43. The topological polar surface area (TPSA) is 67.8 Å². The summed E-state index contributed by atoms with van der Waals surface area (Å²) in [6, 6.07) is 20.1. The van der Waals surface area contributed by atoms with Crippen LogP contribution in [0, 0.1) is 13.8 Å². The zero-order chi connectivity index (χ0) is 21.8. The first-order valence-corrected chi connectivity index (χ1v) is 11.6. The third-order valence-electron chi connectivity index (χ3n) is 4.63. The van der Waals surface area contributed by atoms with E-state index in [1.54, 1.807) is 0 Å². The fourth-order valence-corrected chi connectivity index (χ4v) is 4.60. The summed E-state index contributed by atoms with van der Waals surface area (Å²) >= 11 is 2.84. The predicted octanol–water partition coefficient (Wildman–Crippen LogP) is 6.00. The van der Waals surface area contributed by atoms with Crippen molar-refractivity contribution in [1.29, 1.82) is 0 Å². The molecule has 1 atom stereocenters. The van der Waals surface area contributed by atoms with Crippen LogP contribution in [0.4, 0.5) is 5.13 Å². The first kappa shape index (κ1) is 21.2. The maximum absolute atomic E-state index is 12.7. The van der Waals surface area contributed by atoms with E-state index < -0.39 is 0 Å². The molecule has 0 bridgehead atoms. The van der Waals surface area contributed by atoms with Crippen LogP contribution in [0.5, 0.6) is 0 Å². The van der Waals surface area contributed by atoms with Crippen molar-refractivity contribution < 1.29 is 4.79 Å². The minimum absolute atomic E-state index is 0.104. The molecular formula is C24H22N4OS2. The van der Waals surface area contributed by atoms with Crippen LogP contribution in [-0.2, 0) is 4.79 Å². The van der Waals surface area contributed by atoms with Crippen molar-refractivity contribution in [2.75, 3.05) is 5.32 Å². The van der Waals surface area contributed by atoms with Gasteiger partial charge in [-0.1, -0.05) is 71.9 Å². The van der Waals surface area contributed by atoms with E-state index >= 15 is 0 Å². The molecule has 5 nitrogen and oxygen atoms in total. The van der Waals surface area contributed by atoms with Gasteiger partial charge < -0.3 is 5.32 Å². The normalized spacial score (nSPS) is 11.8. The molecule has 7 heteroatoms. The highest BCUT2D eigenvalue weighted by molar-refractivity contribution is 8.00. The number of thiazole rings is 1. The maximum Gasteiger partial charge on any atom is 0.239 e. The smallest absolute Gasteiger partial charge is 0.239 e. The fraction of sp³-hybridized carbons (Fsp3) is 0.167. The van der Waals surface area contributed by atoms with Gasteiger partial charge in [0.05, 0.1) is 16.6 Å². The Bertz CT molecular complexity index is 1190. The largest absolute Gasteiger partial charge is 0.301 e. The van der Waals surface area contributed by atoms with E-state index in [-0.39, 0.29) is 11.2 Å². The summed E-state index contributed by atoms with van der Waals surface area (Å²) in [5.41, 5.74) is 4.98. The summed E-state index contributed by atoms with van der Waals surface area (Å²) in [5, 5.41) is 5.92. The number of hydrogen-bond acceptors (Lipinski definition) is 6. The Morgan fingerprint density at radius 2 is 1.65 bits per heavy atom. The second-order valence-electron chi connectivity index (χ2n) is 7.16. The first-order valence-electron chi connectivity index (χ1n) is 9.89. The average molecular weight is 447 g/mol. The van der Waals surface area contributed by atoms with Crippen molar-refractivity contribution in [3.63, 3.8) is 0 Å².